The van der Waals surface area contributed by atoms with Gasteiger partial charge in [-0.1, -0.05) is 18.2 Å². The number of amides is 1. The topological polar surface area (TPSA) is 62.3 Å². The lowest BCUT2D eigenvalue weighted by molar-refractivity contribution is 0.0948. The number of anilines is 1. The molecule has 5 heteroatoms. The predicted octanol–water partition coefficient (Wildman–Crippen LogP) is 3.06. The van der Waals surface area contributed by atoms with Crippen LogP contribution in [0.1, 0.15) is 47.1 Å². The van der Waals surface area contributed by atoms with E-state index in [0.717, 1.165) is 24.5 Å². The third-order valence-corrected chi connectivity index (χ3v) is 3.90. The van der Waals surface area contributed by atoms with Crippen LogP contribution in [-0.2, 0) is 6.54 Å². The number of carbonyl (C=O) groups excluding carboxylic acids is 2. The Labute approximate surface area is 142 Å². The van der Waals surface area contributed by atoms with E-state index in [1.54, 1.807) is 30.5 Å². The molecule has 0 saturated heterocycles. The molecule has 1 amide bonds. The van der Waals surface area contributed by atoms with E-state index in [4.69, 9.17) is 0 Å². The van der Waals surface area contributed by atoms with Gasteiger partial charge in [-0.15, -0.1) is 0 Å². The van der Waals surface area contributed by atoms with Gasteiger partial charge >= 0.3 is 0 Å². The lowest BCUT2D eigenvalue weighted by atomic mass is 10.1. The van der Waals surface area contributed by atoms with E-state index in [0.29, 0.717) is 17.7 Å². The van der Waals surface area contributed by atoms with Gasteiger partial charge in [0.2, 0.25) is 0 Å². The second-order valence-electron chi connectivity index (χ2n) is 5.51. The number of Topliss-reactive ketones (excluding diaryl/α,β-unsaturated/α-hetero) is 1. The van der Waals surface area contributed by atoms with Gasteiger partial charge in [-0.25, -0.2) is 4.98 Å². The van der Waals surface area contributed by atoms with Crippen LogP contribution in [0, 0.1) is 0 Å². The van der Waals surface area contributed by atoms with E-state index >= 15 is 0 Å². The summed E-state index contributed by atoms with van der Waals surface area (Å²) in [5.41, 5.74) is 2.08. The summed E-state index contributed by atoms with van der Waals surface area (Å²) in [7, 11) is 0. The van der Waals surface area contributed by atoms with E-state index in [2.05, 4.69) is 29.0 Å². The van der Waals surface area contributed by atoms with Crippen molar-refractivity contribution in [1.29, 1.82) is 0 Å². The molecule has 24 heavy (non-hydrogen) atoms. The maximum Gasteiger partial charge on any atom is 0.251 e. The molecule has 0 atom stereocenters. The van der Waals surface area contributed by atoms with Gasteiger partial charge in [0.25, 0.3) is 5.91 Å². The SMILES string of the molecule is CCN(CC)c1ccc(CNC(=O)c2ccc(C(C)=O)cc2)cn1. The molecule has 2 rings (SSSR count). The molecule has 0 aliphatic heterocycles. The molecular formula is C19H23N3O2. The molecule has 126 valence electrons. The molecule has 1 N–H and O–H groups in total. The summed E-state index contributed by atoms with van der Waals surface area (Å²) in [5.74, 6) is 0.758. The van der Waals surface area contributed by atoms with Gasteiger partial charge in [-0.05, 0) is 44.5 Å². The number of nitrogens with zero attached hydrogens (tertiary/aromatic N) is 2. The zero-order valence-corrected chi connectivity index (χ0v) is 14.4. The highest BCUT2D eigenvalue weighted by atomic mass is 16.1. The van der Waals surface area contributed by atoms with Crippen LogP contribution < -0.4 is 10.2 Å². The second-order valence-corrected chi connectivity index (χ2v) is 5.51. The molecule has 0 unspecified atom stereocenters. The average Bonchev–Trinajstić information content (AvgIpc) is 2.62. The summed E-state index contributed by atoms with van der Waals surface area (Å²) in [4.78, 5) is 30.0. The van der Waals surface area contributed by atoms with Crippen molar-refractivity contribution in [3.05, 3.63) is 59.3 Å². The summed E-state index contributed by atoms with van der Waals surface area (Å²) in [6, 6.07) is 10.6. The molecule has 2 aromatic rings. The lowest BCUT2D eigenvalue weighted by Crippen LogP contribution is -2.24. The zero-order chi connectivity index (χ0) is 17.5. The van der Waals surface area contributed by atoms with Gasteiger partial charge in [-0.2, -0.15) is 0 Å². The molecule has 0 radical (unpaired) electrons. The number of pyridine rings is 1. The Morgan fingerprint density at radius 2 is 1.62 bits per heavy atom. The fourth-order valence-corrected chi connectivity index (χ4v) is 2.40. The number of aromatic nitrogens is 1. The number of hydrogen-bond donors (Lipinski definition) is 1. The number of ketones is 1. The normalized spacial score (nSPS) is 10.3. The van der Waals surface area contributed by atoms with Crippen molar-refractivity contribution in [2.75, 3.05) is 18.0 Å². The molecular weight excluding hydrogens is 302 g/mol. The van der Waals surface area contributed by atoms with Crippen LogP contribution in [0.3, 0.4) is 0 Å². The Kier molecular flexibility index (Phi) is 6.07. The molecule has 1 aromatic heterocycles. The van der Waals surface area contributed by atoms with Crippen molar-refractivity contribution in [3.8, 4) is 0 Å². The molecule has 0 aliphatic carbocycles. The van der Waals surface area contributed by atoms with Gasteiger partial charge in [0, 0.05) is 37.0 Å². The maximum atomic E-state index is 12.1. The first-order valence-corrected chi connectivity index (χ1v) is 8.14. The summed E-state index contributed by atoms with van der Waals surface area (Å²) in [5, 5.41) is 2.86. The predicted molar refractivity (Wildman–Crippen MR) is 95.4 cm³/mol. The van der Waals surface area contributed by atoms with E-state index in [9.17, 15) is 9.59 Å². The van der Waals surface area contributed by atoms with Crippen LogP contribution in [0.2, 0.25) is 0 Å². The molecule has 0 saturated carbocycles. The third-order valence-electron chi connectivity index (χ3n) is 3.90. The lowest BCUT2D eigenvalue weighted by Gasteiger charge is -2.19. The van der Waals surface area contributed by atoms with Crippen molar-refractivity contribution >= 4 is 17.5 Å². The van der Waals surface area contributed by atoms with Gasteiger partial charge < -0.3 is 10.2 Å². The standard InChI is InChI=1S/C19H23N3O2/c1-4-22(5-2)18-11-6-15(12-20-18)13-21-19(24)17-9-7-16(8-10-17)14(3)23/h6-12H,4-5,13H2,1-3H3,(H,21,24). The summed E-state index contributed by atoms with van der Waals surface area (Å²) >= 11 is 0. The Morgan fingerprint density at radius 1 is 1.00 bits per heavy atom. The molecule has 1 heterocycles. The molecule has 5 nitrogen and oxygen atoms in total. The van der Waals surface area contributed by atoms with Crippen molar-refractivity contribution in [2.45, 2.75) is 27.3 Å². The number of benzene rings is 1. The Balaban J connectivity index is 1.95. The fraction of sp³-hybridized carbons (Fsp3) is 0.316. The molecule has 0 spiro atoms. The van der Waals surface area contributed by atoms with E-state index in [-0.39, 0.29) is 11.7 Å². The number of carbonyl (C=O) groups is 2. The fourth-order valence-electron chi connectivity index (χ4n) is 2.40. The Morgan fingerprint density at radius 3 is 2.12 bits per heavy atom. The molecule has 0 fully saturated rings. The van der Waals surface area contributed by atoms with Crippen LogP contribution in [0.5, 0.6) is 0 Å². The first-order chi connectivity index (χ1) is 11.5. The smallest absolute Gasteiger partial charge is 0.251 e. The van der Waals surface area contributed by atoms with E-state index < -0.39 is 0 Å². The summed E-state index contributed by atoms with van der Waals surface area (Å²) in [6.45, 7) is 7.93. The largest absolute Gasteiger partial charge is 0.357 e. The highest BCUT2D eigenvalue weighted by Gasteiger charge is 2.07. The monoisotopic (exact) mass is 325 g/mol. The summed E-state index contributed by atoms with van der Waals surface area (Å²) < 4.78 is 0. The minimum absolute atomic E-state index is 0.0127. The Bertz CT molecular complexity index is 690. The Hall–Kier alpha value is -2.69. The number of nitrogens with one attached hydrogen (secondary N) is 1. The highest BCUT2D eigenvalue weighted by Crippen LogP contribution is 2.11. The molecule has 0 aliphatic rings. The van der Waals surface area contributed by atoms with Crippen LogP contribution in [-0.4, -0.2) is 29.8 Å². The maximum absolute atomic E-state index is 12.1. The molecule has 1 aromatic carbocycles. The number of hydrogen-bond acceptors (Lipinski definition) is 4. The minimum Gasteiger partial charge on any atom is -0.357 e. The van der Waals surface area contributed by atoms with Gasteiger partial charge in [0.1, 0.15) is 5.82 Å². The zero-order valence-electron chi connectivity index (χ0n) is 14.4. The number of rotatable bonds is 7. The first-order valence-electron chi connectivity index (χ1n) is 8.14. The van der Waals surface area contributed by atoms with Crippen molar-refractivity contribution in [3.63, 3.8) is 0 Å². The minimum atomic E-state index is -0.169. The van der Waals surface area contributed by atoms with Gasteiger partial charge in [0.05, 0.1) is 0 Å². The summed E-state index contributed by atoms with van der Waals surface area (Å²) in [6.07, 6.45) is 1.78. The van der Waals surface area contributed by atoms with Crippen LogP contribution in [0.15, 0.2) is 42.6 Å². The first kappa shape index (κ1) is 17.7. The highest BCUT2D eigenvalue weighted by molar-refractivity contribution is 5.97. The second kappa shape index (κ2) is 8.24. The quantitative estimate of drug-likeness (QED) is 0.795. The van der Waals surface area contributed by atoms with E-state index in [1.807, 2.05) is 12.1 Å². The molecule has 0 bridgehead atoms. The van der Waals surface area contributed by atoms with Crippen LogP contribution >= 0.6 is 0 Å². The van der Waals surface area contributed by atoms with Crippen molar-refractivity contribution < 1.29 is 9.59 Å². The van der Waals surface area contributed by atoms with Crippen molar-refractivity contribution in [2.24, 2.45) is 0 Å². The van der Waals surface area contributed by atoms with Crippen LogP contribution in [0.4, 0.5) is 5.82 Å². The van der Waals surface area contributed by atoms with Gasteiger partial charge in [0.15, 0.2) is 5.78 Å². The third kappa shape index (κ3) is 4.41. The average molecular weight is 325 g/mol. The van der Waals surface area contributed by atoms with Crippen LogP contribution in [0.25, 0.3) is 0 Å². The van der Waals surface area contributed by atoms with Crippen molar-refractivity contribution in [1.82, 2.24) is 10.3 Å². The van der Waals surface area contributed by atoms with Gasteiger partial charge in [-0.3, -0.25) is 9.59 Å². The van der Waals surface area contributed by atoms with E-state index in [1.165, 1.54) is 6.92 Å².